The van der Waals surface area contributed by atoms with Crippen molar-refractivity contribution in [3.63, 3.8) is 0 Å². The summed E-state index contributed by atoms with van der Waals surface area (Å²) in [5.41, 5.74) is 2.29. The molecule has 1 atom stereocenters. The van der Waals surface area contributed by atoms with Gasteiger partial charge in [0.1, 0.15) is 5.75 Å². The van der Waals surface area contributed by atoms with Gasteiger partial charge < -0.3 is 10.1 Å². The summed E-state index contributed by atoms with van der Waals surface area (Å²) < 4.78 is 6.05. The number of fused-ring (bicyclic) bond motifs is 1. The number of nitrogens with one attached hydrogen (secondary N) is 1. The molecule has 3 rings (SSSR count). The van der Waals surface area contributed by atoms with E-state index in [4.69, 9.17) is 4.74 Å². The number of rotatable bonds is 6. The van der Waals surface area contributed by atoms with E-state index in [-0.39, 0.29) is 5.91 Å². The van der Waals surface area contributed by atoms with Crippen LogP contribution in [0, 0.1) is 6.92 Å². The van der Waals surface area contributed by atoms with Crippen molar-refractivity contribution in [1.29, 1.82) is 0 Å². The van der Waals surface area contributed by atoms with Crippen molar-refractivity contribution in [2.45, 2.75) is 32.9 Å². The molecule has 0 saturated carbocycles. The highest BCUT2D eigenvalue weighted by Gasteiger charge is 2.19. The summed E-state index contributed by atoms with van der Waals surface area (Å²) in [6, 6.07) is 22.0. The lowest BCUT2D eigenvalue weighted by Gasteiger charge is -2.19. The third kappa shape index (κ3) is 4.00. The van der Waals surface area contributed by atoms with Gasteiger partial charge in [-0.15, -0.1) is 0 Å². The Labute approximate surface area is 148 Å². The average Bonchev–Trinajstić information content (AvgIpc) is 2.65. The van der Waals surface area contributed by atoms with E-state index >= 15 is 0 Å². The summed E-state index contributed by atoms with van der Waals surface area (Å²) in [7, 11) is 0. The SMILES string of the molecule is CC[C@H](Oc1cccc2ccccc12)C(=O)NCc1ccccc1C. The molecule has 25 heavy (non-hydrogen) atoms. The summed E-state index contributed by atoms with van der Waals surface area (Å²) >= 11 is 0. The Morgan fingerprint density at radius 3 is 2.52 bits per heavy atom. The summed E-state index contributed by atoms with van der Waals surface area (Å²) in [5.74, 6) is 0.662. The summed E-state index contributed by atoms with van der Waals surface area (Å²) in [6.07, 6.45) is 0.109. The number of hydrogen-bond acceptors (Lipinski definition) is 2. The zero-order valence-electron chi connectivity index (χ0n) is 14.7. The molecular formula is C22H23NO2. The molecule has 0 fully saturated rings. The third-order valence-corrected chi connectivity index (χ3v) is 4.40. The highest BCUT2D eigenvalue weighted by molar-refractivity contribution is 5.89. The van der Waals surface area contributed by atoms with Crippen molar-refractivity contribution in [2.75, 3.05) is 0 Å². The minimum atomic E-state index is -0.505. The highest BCUT2D eigenvalue weighted by atomic mass is 16.5. The zero-order valence-corrected chi connectivity index (χ0v) is 14.7. The van der Waals surface area contributed by atoms with Crippen LogP contribution in [0.25, 0.3) is 10.8 Å². The van der Waals surface area contributed by atoms with Crippen molar-refractivity contribution in [2.24, 2.45) is 0 Å². The largest absolute Gasteiger partial charge is 0.480 e. The van der Waals surface area contributed by atoms with Crippen molar-refractivity contribution in [3.8, 4) is 5.75 Å². The fourth-order valence-electron chi connectivity index (χ4n) is 2.88. The first-order chi connectivity index (χ1) is 12.2. The molecule has 0 aromatic heterocycles. The highest BCUT2D eigenvalue weighted by Crippen LogP contribution is 2.26. The Kier molecular flexibility index (Phi) is 5.34. The van der Waals surface area contributed by atoms with Gasteiger partial charge in [-0.3, -0.25) is 4.79 Å². The van der Waals surface area contributed by atoms with Gasteiger partial charge in [0.15, 0.2) is 6.10 Å². The standard InChI is InChI=1S/C22H23NO2/c1-3-20(22(24)23-15-18-11-5-4-9-16(18)2)25-21-14-8-12-17-10-6-7-13-19(17)21/h4-14,20H,3,15H2,1-2H3,(H,23,24)/t20-/m0/s1. The molecule has 1 amide bonds. The molecule has 0 spiro atoms. The maximum atomic E-state index is 12.6. The van der Waals surface area contributed by atoms with Crippen LogP contribution in [-0.4, -0.2) is 12.0 Å². The van der Waals surface area contributed by atoms with Crippen LogP contribution in [0.5, 0.6) is 5.75 Å². The van der Waals surface area contributed by atoms with Crippen LogP contribution in [-0.2, 0) is 11.3 Å². The van der Waals surface area contributed by atoms with Gasteiger partial charge in [-0.05, 0) is 35.9 Å². The van der Waals surface area contributed by atoms with Gasteiger partial charge in [-0.2, -0.15) is 0 Å². The van der Waals surface area contributed by atoms with Crippen LogP contribution in [0.1, 0.15) is 24.5 Å². The first kappa shape index (κ1) is 17.0. The van der Waals surface area contributed by atoms with Crippen LogP contribution < -0.4 is 10.1 Å². The van der Waals surface area contributed by atoms with Crippen molar-refractivity contribution in [1.82, 2.24) is 5.32 Å². The predicted octanol–water partition coefficient (Wildman–Crippen LogP) is 4.62. The van der Waals surface area contributed by atoms with Gasteiger partial charge in [-0.25, -0.2) is 0 Å². The second-order valence-corrected chi connectivity index (χ2v) is 6.14. The molecule has 0 heterocycles. The molecule has 3 nitrogen and oxygen atoms in total. The van der Waals surface area contributed by atoms with E-state index in [0.29, 0.717) is 13.0 Å². The fraction of sp³-hybridized carbons (Fsp3) is 0.227. The number of carbonyl (C=O) groups is 1. The summed E-state index contributed by atoms with van der Waals surface area (Å²) in [5, 5.41) is 5.13. The average molecular weight is 333 g/mol. The monoisotopic (exact) mass is 333 g/mol. The smallest absolute Gasteiger partial charge is 0.261 e. The Hall–Kier alpha value is -2.81. The number of hydrogen-bond donors (Lipinski definition) is 1. The molecule has 3 heteroatoms. The lowest BCUT2D eigenvalue weighted by atomic mass is 10.1. The van der Waals surface area contributed by atoms with Gasteiger partial charge in [0.2, 0.25) is 0 Å². The third-order valence-electron chi connectivity index (χ3n) is 4.40. The quantitative estimate of drug-likeness (QED) is 0.715. The van der Waals surface area contributed by atoms with Crippen molar-refractivity contribution in [3.05, 3.63) is 77.9 Å². The number of carbonyl (C=O) groups excluding carboxylic acids is 1. The molecule has 3 aromatic carbocycles. The molecule has 0 radical (unpaired) electrons. The molecule has 3 aromatic rings. The van der Waals surface area contributed by atoms with Crippen LogP contribution in [0.3, 0.4) is 0 Å². The molecule has 0 aliphatic heterocycles. The molecule has 0 bridgehead atoms. The van der Waals surface area contributed by atoms with Gasteiger partial charge in [-0.1, -0.05) is 67.6 Å². The number of aryl methyl sites for hydroxylation is 1. The van der Waals surface area contributed by atoms with E-state index in [1.54, 1.807) is 0 Å². The summed E-state index contributed by atoms with van der Waals surface area (Å²) in [6.45, 7) is 4.52. The van der Waals surface area contributed by atoms with E-state index in [1.807, 2.05) is 80.6 Å². The second-order valence-electron chi connectivity index (χ2n) is 6.14. The predicted molar refractivity (Wildman–Crippen MR) is 102 cm³/mol. The number of ether oxygens (including phenoxy) is 1. The van der Waals surface area contributed by atoms with Crippen molar-refractivity contribution >= 4 is 16.7 Å². The lowest BCUT2D eigenvalue weighted by molar-refractivity contribution is -0.128. The van der Waals surface area contributed by atoms with Gasteiger partial charge in [0, 0.05) is 11.9 Å². The fourth-order valence-corrected chi connectivity index (χ4v) is 2.88. The van der Waals surface area contributed by atoms with E-state index in [9.17, 15) is 4.79 Å². The van der Waals surface area contributed by atoms with Gasteiger partial charge >= 0.3 is 0 Å². The Bertz CT molecular complexity index is 867. The van der Waals surface area contributed by atoms with Gasteiger partial charge in [0.05, 0.1) is 0 Å². The van der Waals surface area contributed by atoms with Crippen LogP contribution in [0.4, 0.5) is 0 Å². The topological polar surface area (TPSA) is 38.3 Å². The molecule has 0 aliphatic rings. The Morgan fingerprint density at radius 2 is 1.72 bits per heavy atom. The molecule has 0 aliphatic carbocycles. The van der Waals surface area contributed by atoms with E-state index in [1.165, 1.54) is 5.56 Å². The lowest BCUT2D eigenvalue weighted by Crippen LogP contribution is -2.37. The first-order valence-electron chi connectivity index (χ1n) is 8.65. The molecular weight excluding hydrogens is 310 g/mol. The maximum Gasteiger partial charge on any atom is 0.261 e. The number of amides is 1. The Balaban J connectivity index is 1.71. The molecule has 1 N–H and O–H groups in total. The van der Waals surface area contributed by atoms with E-state index in [2.05, 4.69) is 5.32 Å². The minimum Gasteiger partial charge on any atom is -0.480 e. The van der Waals surface area contributed by atoms with Crippen LogP contribution >= 0.6 is 0 Å². The second kappa shape index (κ2) is 7.84. The normalized spacial score (nSPS) is 11.9. The molecule has 128 valence electrons. The number of benzene rings is 3. The molecule has 0 unspecified atom stereocenters. The van der Waals surface area contributed by atoms with Gasteiger partial charge in [0.25, 0.3) is 5.91 Å². The zero-order chi connectivity index (χ0) is 17.6. The first-order valence-corrected chi connectivity index (χ1v) is 8.65. The minimum absolute atomic E-state index is 0.0845. The van der Waals surface area contributed by atoms with E-state index < -0.39 is 6.10 Å². The van der Waals surface area contributed by atoms with Crippen LogP contribution in [0.2, 0.25) is 0 Å². The molecule has 0 saturated heterocycles. The van der Waals surface area contributed by atoms with Crippen molar-refractivity contribution < 1.29 is 9.53 Å². The summed E-state index contributed by atoms with van der Waals surface area (Å²) in [4.78, 5) is 12.6. The Morgan fingerprint density at radius 1 is 1.00 bits per heavy atom. The van der Waals surface area contributed by atoms with Crippen LogP contribution in [0.15, 0.2) is 66.7 Å². The maximum absolute atomic E-state index is 12.6. The van der Waals surface area contributed by atoms with E-state index in [0.717, 1.165) is 22.1 Å².